The van der Waals surface area contributed by atoms with Crippen LogP contribution in [-0.2, 0) is 9.59 Å². The smallest absolute Gasteiger partial charge is 0.303 e. The van der Waals surface area contributed by atoms with Gasteiger partial charge in [0, 0.05) is 13.5 Å². The van der Waals surface area contributed by atoms with Crippen LogP contribution in [0.25, 0.3) is 0 Å². The first-order valence-electron chi connectivity index (χ1n) is 7.14. The zero-order chi connectivity index (χ0) is 16.8. The van der Waals surface area contributed by atoms with E-state index in [4.69, 9.17) is 5.11 Å². The number of anilines is 1. The summed E-state index contributed by atoms with van der Waals surface area (Å²) >= 11 is 0. The molecule has 0 saturated carbocycles. The van der Waals surface area contributed by atoms with Gasteiger partial charge in [0.25, 0.3) is 5.91 Å². The molecule has 1 aromatic rings. The molecule has 1 atom stereocenters. The number of carboxylic acid groups (broad SMARTS) is 1. The molecule has 0 aliphatic carbocycles. The molecule has 0 aromatic heterocycles. The molecule has 22 heavy (non-hydrogen) atoms. The van der Waals surface area contributed by atoms with Gasteiger partial charge in [0.05, 0.1) is 17.7 Å². The van der Waals surface area contributed by atoms with Gasteiger partial charge in [-0.3, -0.25) is 14.4 Å². The quantitative estimate of drug-likeness (QED) is 0.720. The van der Waals surface area contributed by atoms with Gasteiger partial charge in [-0.1, -0.05) is 26.0 Å². The van der Waals surface area contributed by atoms with E-state index in [-0.39, 0.29) is 24.7 Å². The second kappa shape index (κ2) is 7.59. The van der Waals surface area contributed by atoms with E-state index in [0.29, 0.717) is 17.7 Å². The average Bonchev–Trinajstić information content (AvgIpc) is 2.46. The molecule has 6 nitrogen and oxygen atoms in total. The Bertz CT molecular complexity index is 571. The number of benzene rings is 1. The van der Waals surface area contributed by atoms with Crippen LogP contribution < -0.4 is 10.6 Å². The molecule has 1 rings (SSSR count). The van der Waals surface area contributed by atoms with Crippen LogP contribution >= 0.6 is 0 Å². The fourth-order valence-corrected chi connectivity index (χ4v) is 2.18. The lowest BCUT2D eigenvalue weighted by Gasteiger charge is -2.25. The molecule has 2 amide bonds. The van der Waals surface area contributed by atoms with Gasteiger partial charge in [0.1, 0.15) is 0 Å². The second-order valence-electron chi connectivity index (χ2n) is 5.58. The lowest BCUT2D eigenvalue weighted by molar-refractivity contribution is -0.140. The Labute approximate surface area is 129 Å². The minimum absolute atomic E-state index is 0.0754. The molecule has 0 saturated heterocycles. The van der Waals surface area contributed by atoms with Crippen molar-refractivity contribution in [2.75, 3.05) is 12.4 Å². The predicted molar refractivity (Wildman–Crippen MR) is 83.7 cm³/mol. The normalized spacial score (nSPS) is 13.0. The summed E-state index contributed by atoms with van der Waals surface area (Å²) in [5.74, 6) is -1.52. The van der Waals surface area contributed by atoms with Crippen LogP contribution in [-0.4, -0.2) is 29.9 Å². The highest BCUT2D eigenvalue weighted by Gasteiger charge is 2.29. The van der Waals surface area contributed by atoms with E-state index in [0.717, 1.165) is 0 Å². The predicted octanol–water partition coefficient (Wildman–Crippen LogP) is 2.27. The third-order valence-electron chi connectivity index (χ3n) is 3.69. The van der Waals surface area contributed by atoms with Gasteiger partial charge in [-0.25, -0.2) is 0 Å². The molecule has 0 heterocycles. The Kier molecular flexibility index (Phi) is 6.10. The highest BCUT2D eigenvalue weighted by Crippen LogP contribution is 2.30. The molecular formula is C16H22N2O4. The molecule has 0 unspecified atom stereocenters. The van der Waals surface area contributed by atoms with Crippen LogP contribution in [0.15, 0.2) is 24.3 Å². The number of amides is 2. The van der Waals surface area contributed by atoms with Gasteiger partial charge < -0.3 is 15.7 Å². The molecule has 0 aliphatic heterocycles. The molecule has 120 valence electrons. The highest BCUT2D eigenvalue weighted by molar-refractivity contribution is 6.03. The second-order valence-corrected chi connectivity index (χ2v) is 5.58. The van der Waals surface area contributed by atoms with Crippen molar-refractivity contribution in [2.45, 2.75) is 33.1 Å². The monoisotopic (exact) mass is 306 g/mol. The summed E-state index contributed by atoms with van der Waals surface area (Å²) in [5.41, 5.74) is 0.174. The van der Waals surface area contributed by atoms with Crippen molar-refractivity contribution in [3.05, 3.63) is 29.8 Å². The van der Waals surface area contributed by atoms with Crippen molar-refractivity contribution < 1.29 is 19.5 Å². The number of carbonyl (C=O) groups excluding carboxylic acids is 2. The molecule has 1 aromatic carbocycles. The van der Waals surface area contributed by atoms with Gasteiger partial charge in [-0.2, -0.15) is 0 Å². The minimum Gasteiger partial charge on any atom is -0.481 e. The first-order chi connectivity index (χ1) is 10.3. The number of hydrogen-bond acceptors (Lipinski definition) is 3. The van der Waals surface area contributed by atoms with Crippen molar-refractivity contribution in [3.63, 3.8) is 0 Å². The summed E-state index contributed by atoms with van der Waals surface area (Å²) in [7, 11) is 1.52. The van der Waals surface area contributed by atoms with Gasteiger partial charge >= 0.3 is 5.97 Å². The Morgan fingerprint density at radius 3 is 2.36 bits per heavy atom. The topological polar surface area (TPSA) is 95.5 Å². The van der Waals surface area contributed by atoms with Crippen LogP contribution in [0.2, 0.25) is 0 Å². The molecule has 0 aliphatic rings. The van der Waals surface area contributed by atoms with E-state index in [9.17, 15) is 14.4 Å². The van der Waals surface area contributed by atoms with E-state index < -0.39 is 11.4 Å². The van der Waals surface area contributed by atoms with Crippen LogP contribution in [0.4, 0.5) is 5.69 Å². The number of nitrogens with one attached hydrogen (secondary N) is 2. The number of para-hydroxylation sites is 1. The Morgan fingerprint density at radius 1 is 1.18 bits per heavy atom. The summed E-state index contributed by atoms with van der Waals surface area (Å²) in [6, 6.07) is 6.69. The van der Waals surface area contributed by atoms with Crippen LogP contribution in [0.1, 0.15) is 43.5 Å². The molecule has 0 spiro atoms. The van der Waals surface area contributed by atoms with Gasteiger partial charge in [0.15, 0.2) is 0 Å². The molecular weight excluding hydrogens is 284 g/mol. The number of aliphatic carboxylic acids is 1. The summed E-state index contributed by atoms with van der Waals surface area (Å²) in [6.07, 6.45) is 0.579. The van der Waals surface area contributed by atoms with Crippen LogP contribution in [0, 0.1) is 5.41 Å². The maximum Gasteiger partial charge on any atom is 0.303 e. The summed E-state index contributed by atoms with van der Waals surface area (Å²) < 4.78 is 0. The maximum atomic E-state index is 12.2. The Morgan fingerprint density at radius 2 is 1.82 bits per heavy atom. The fraction of sp³-hybridized carbons (Fsp3) is 0.438. The number of carboxylic acids is 1. The standard InChI is InChI=1S/C16H22N2O4/c1-4-16(2,10-14(20)21)9-13(19)18-12-8-6-5-7-11(12)15(22)17-3/h5-8H,4,9-10H2,1-3H3,(H,17,22)(H,18,19)(H,20,21)/t16-/m1/s1. The van der Waals surface area contributed by atoms with E-state index in [1.807, 2.05) is 6.92 Å². The van der Waals surface area contributed by atoms with Gasteiger partial charge in [-0.05, 0) is 24.0 Å². The van der Waals surface area contributed by atoms with E-state index in [1.54, 1.807) is 31.2 Å². The molecule has 3 N–H and O–H groups in total. The number of rotatable bonds is 7. The van der Waals surface area contributed by atoms with Crippen molar-refractivity contribution >= 4 is 23.5 Å². The zero-order valence-electron chi connectivity index (χ0n) is 13.1. The SMILES string of the molecule is CC[C@@](C)(CC(=O)O)CC(=O)Nc1ccccc1C(=O)NC. The van der Waals surface area contributed by atoms with Crippen molar-refractivity contribution in [3.8, 4) is 0 Å². The Balaban J connectivity index is 2.85. The average molecular weight is 306 g/mol. The van der Waals surface area contributed by atoms with Crippen molar-refractivity contribution in [1.29, 1.82) is 0 Å². The Hall–Kier alpha value is -2.37. The van der Waals surface area contributed by atoms with E-state index in [1.165, 1.54) is 7.05 Å². The summed E-state index contributed by atoms with van der Waals surface area (Å²) in [5, 5.41) is 14.2. The van der Waals surface area contributed by atoms with Gasteiger partial charge in [0.2, 0.25) is 5.91 Å². The van der Waals surface area contributed by atoms with Crippen LogP contribution in [0.5, 0.6) is 0 Å². The van der Waals surface area contributed by atoms with Gasteiger partial charge in [-0.15, -0.1) is 0 Å². The molecule has 0 fully saturated rings. The summed E-state index contributed by atoms with van der Waals surface area (Å²) in [6.45, 7) is 3.63. The molecule has 6 heteroatoms. The first-order valence-corrected chi connectivity index (χ1v) is 7.14. The number of hydrogen-bond donors (Lipinski definition) is 3. The molecule has 0 bridgehead atoms. The van der Waals surface area contributed by atoms with E-state index >= 15 is 0 Å². The lowest BCUT2D eigenvalue weighted by atomic mass is 9.80. The molecule has 0 radical (unpaired) electrons. The largest absolute Gasteiger partial charge is 0.481 e. The zero-order valence-corrected chi connectivity index (χ0v) is 13.1. The maximum absolute atomic E-state index is 12.2. The highest BCUT2D eigenvalue weighted by atomic mass is 16.4. The van der Waals surface area contributed by atoms with Crippen molar-refractivity contribution in [1.82, 2.24) is 5.32 Å². The lowest BCUT2D eigenvalue weighted by Crippen LogP contribution is -2.28. The summed E-state index contributed by atoms with van der Waals surface area (Å²) in [4.78, 5) is 34.9. The third-order valence-corrected chi connectivity index (χ3v) is 3.69. The first kappa shape index (κ1) is 17.7. The minimum atomic E-state index is -0.928. The van der Waals surface area contributed by atoms with Crippen LogP contribution in [0.3, 0.4) is 0 Å². The van der Waals surface area contributed by atoms with E-state index in [2.05, 4.69) is 10.6 Å². The fourth-order valence-electron chi connectivity index (χ4n) is 2.18. The number of carbonyl (C=O) groups is 3. The third kappa shape index (κ3) is 4.87. The van der Waals surface area contributed by atoms with Crippen molar-refractivity contribution in [2.24, 2.45) is 5.41 Å².